The Hall–Kier alpha value is -1.44. The number of hydrogen-bond donors (Lipinski definition) is 2. The standard InChI is InChI=1S/C18H29N3O3S/c1-3-18(4-2,14-19)20-17(22)15-9-8-12-21(13-15)25(23,24)16-10-6-5-7-11-16/h5-7,10-11,15H,3-4,8-9,12-14,19H2,1-2H3,(H,20,22). The van der Waals surface area contributed by atoms with E-state index in [0.717, 1.165) is 12.8 Å². The lowest BCUT2D eigenvalue weighted by Crippen LogP contribution is -2.56. The Kier molecular flexibility index (Phi) is 6.59. The van der Waals surface area contributed by atoms with Crippen molar-refractivity contribution in [2.45, 2.75) is 50.0 Å². The quantitative estimate of drug-likeness (QED) is 0.767. The number of hydrogen-bond acceptors (Lipinski definition) is 4. The Morgan fingerprint density at radius 3 is 2.48 bits per heavy atom. The SMILES string of the molecule is CCC(CC)(CN)NC(=O)C1CCCN(S(=O)(=O)c2ccccc2)C1. The molecule has 1 saturated heterocycles. The first kappa shape index (κ1) is 19.9. The third-order valence-corrected chi connectivity index (χ3v) is 7.15. The van der Waals surface area contributed by atoms with Crippen molar-refractivity contribution in [3.63, 3.8) is 0 Å². The molecule has 1 unspecified atom stereocenters. The zero-order valence-electron chi connectivity index (χ0n) is 15.1. The highest BCUT2D eigenvalue weighted by molar-refractivity contribution is 7.89. The van der Waals surface area contributed by atoms with E-state index in [0.29, 0.717) is 25.9 Å². The third kappa shape index (κ3) is 4.40. The minimum absolute atomic E-state index is 0.0953. The lowest BCUT2D eigenvalue weighted by molar-refractivity contribution is -0.128. The number of rotatable bonds is 7. The van der Waals surface area contributed by atoms with E-state index in [9.17, 15) is 13.2 Å². The van der Waals surface area contributed by atoms with Crippen LogP contribution in [0.25, 0.3) is 0 Å². The predicted octanol–water partition coefficient (Wildman–Crippen LogP) is 1.72. The van der Waals surface area contributed by atoms with Gasteiger partial charge in [0, 0.05) is 19.6 Å². The molecule has 1 fully saturated rings. The van der Waals surface area contributed by atoms with Crippen LogP contribution in [0.4, 0.5) is 0 Å². The third-order valence-electron chi connectivity index (χ3n) is 5.27. The molecule has 1 aromatic carbocycles. The van der Waals surface area contributed by atoms with Crippen molar-refractivity contribution in [2.75, 3.05) is 19.6 Å². The summed E-state index contributed by atoms with van der Waals surface area (Å²) in [5, 5.41) is 3.08. The van der Waals surface area contributed by atoms with Gasteiger partial charge in [-0.05, 0) is 37.8 Å². The summed E-state index contributed by atoms with van der Waals surface area (Å²) in [4.78, 5) is 13.0. The van der Waals surface area contributed by atoms with Gasteiger partial charge < -0.3 is 11.1 Å². The molecule has 1 aliphatic rings. The molecule has 0 radical (unpaired) electrons. The first-order valence-electron chi connectivity index (χ1n) is 8.96. The average Bonchev–Trinajstić information content (AvgIpc) is 2.67. The number of piperidine rings is 1. The summed E-state index contributed by atoms with van der Waals surface area (Å²) in [6.07, 6.45) is 2.88. The van der Waals surface area contributed by atoms with Crippen LogP contribution in [0.5, 0.6) is 0 Å². The van der Waals surface area contributed by atoms with E-state index in [1.807, 2.05) is 13.8 Å². The second-order valence-corrected chi connectivity index (χ2v) is 8.63. The second-order valence-electron chi connectivity index (χ2n) is 6.70. The van der Waals surface area contributed by atoms with Crippen LogP contribution in [0.2, 0.25) is 0 Å². The van der Waals surface area contributed by atoms with E-state index in [-0.39, 0.29) is 23.3 Å². The Morgan fingerprint density at radius 2 is 1.92 bits per heavy atom. The highest BCUT2D eigenvalue weighted by atomic mass is 32.2. The molecule has 0 aliphatic carbocycles. The van der Waals surface area contributed by atoms with Crippen LogP contribution in [-0.2, 0) is 14.8 Å². The fourth-order valence-electron chi connectivity index (χ4n) is 3.25. The van der Waals surface area contributed by atoms with Crippen LogP contribution in [0.1, 0.15) is 39.5 Å². The number of amides is 1. The first-order chi connectivity index (χ1) is 11.9. The fraction of sp³-hybridized carbons (Fsp3) is 0.611. The lowest BCUT2D eigenvalue weighted by Gasteiger charge is -2.36. The summed E-state index contributed by atoms with van der Waals surface area (Å²) in [5.74, 6) is -0.432. The van der Waals surface area contributed by atoms with E-state index >= 15 is 0 Å². The average molecular weight is 368 g/mol. The summed E-state index contributed by atoms with van der Waals surface area (Å²) in [7, 11) is -3.56. The molecule has 140 valence electrons. The molecular formula is C18H29N3O3S. The van der Waals surface area contributed by atoms with Gasteiger partial charge in [-0.2, -0.15) is 4.31 Å². The summed E-state index contributed by atoms with van der Waals surface area (Å²) < 4.78 is 27.0. The molecule has 1 atom stereocenters. The normalized spacial score (nSPS) is 19.6. The molecule has 7 heteroatoms. The summed E-state index contributed by atoms with van der Waals surface area (Å²) in [6.45, 7) is 5.06. The van der Waals surface area contributed by atoms with Gasteiger partial charge in [0.15, 0.2) is 0 Å². The van der Waals surface area contributed by atoms with Gasteiger partial charge in [-0.15, -0.1) is 0 Å². The van der Waals surface area contributed by atoms with Crippen molar-refractivity contribution in [2.24, 2.45) is 11.7 Å². The van der Waals surface area contributed by atoms with Gasteiger partial charge >= 0.3 is 0 Å². The molecule has 1 aliphatic heterocycles. The smallest absolute Gasteiger partial charge is 0.243 e. The molecule has 1 aromatic rings. The van der Waals surface area contributed by atoms with Crippen LogP contribution in [-0.4, -0.2) is 43.8 Å². The van der Waals surface area contributed by atoms with E-state index in [1.54, 1.807) is 30.3 Å². The monoisotopic (exact) mass is 367 g/mol. The highest BCUT2D eigenvalue weighted by Gasteiger charge is 2.35. The van der Waals surface area contributed by atoms with E-state index in [4.69, 9.17) is 5.73 Å². The van der Waals surface area contributed by atoms with Crippen LogP contribution < -0.4 is 11.1 Å². The number of carbonyl (C=O) groups excluding carboxylic acids is 1. The Labute approximate surface area is 150 Å². The fourth-order valence-corrected chi connectivity index (χ4v) is 4.79. The van der Waals surface area contributed by atoms with E-state index < -0.39 is 15.6 Å². The molecule has 3 N–H and O–H groups in total. The number of sulfonamides is 1. The van der Waals surface area contributed by atoms with Gasteiger partial charge in [0.1, 0.15) is 0 Å². The van der Waals surface area contributed by atoms with Gasteiger partial charge in [0.2, 0.25) is 15.9 Å². The van der Waals surface area contributed by atoms with Gasteiger partial charge in [0.05, 0.1) is 16.4 Å². The maximum Gasteiger partial charge on any atom is 0.243 e. The molecule has 0 saturated carbocycles. The summed E-state index contributed by atoms with van der Waals surface area (Å²) in [6, 6.07) is 8.38. The van der Waals surface area contributed by atoms with Crippen molar-refractivity contribution >= 4 is 15.9 Å². The van der Waals surface area contributed by atoms with Crippen LogP contribution in [0.3, 0.4) is 0 Å². The van der Waals surface area contributed by atoms with Gasteiger partial charge in [-0.25, -0.2) is 8.42 Å². The maximum absolute atomic E-state index is 12.8. The van der Waals surface area contributed by atoms with Crippen molar-refractivity contribution in [3.05, 3.63) is 30.3 Å². The Balaban J connectivity index is 2.12. The minimum atomic E-state index is -3.56. The highest BCUT2D eigenvalue weighted by Crippen LogP contribution is 2.25. The van der Waals surface area contributed by atoms with Crippen molar-refractivity contribution in [1.82, 2.24) is 9.62 Å². The largest absolute Gasteiger partial charge is 0.349 e. The number of carbonyl (C=O) groups is 1. The predicted molar refractivity (Wildman–Crippen MR) is 98.4 cm³/mol. The van der Waals surface area contributed by atoms with Crippen LogP contribution in [0.15, 0.2) is 35.2 Å². The van der Waals surface area contributed by atoms with Crippen LogP contribution in [0, 0.1) is 5.92 Å². The molecule has 25 heavy (non-hydrogen) atoms. The van der Waals surface area contributed by atoms with Crippen molar-refractivity contribution in [1.29, 1.82) is 0 Å². The first-order valence-corrected chi connectivity index (χ1v) is 10.4. The molecule has 6 nitrogen and oxygen atoms in total. The van der Waals surface area contributed by atoms with Gasteiger partial charge in [-0.1, -0.05) is 32.0 Å². The van der Waals surface area contributed by atoms with Crippen molar-refractivity contribution in [3.8, 4) is 0 Å². The summed E-state index contributed by atoms with van der Waals surface area (Å²) >= 11 is 0. The Bertz CT molecular complexity index is 664. The lowest BCUT2D eigenvalue weighted by atomic mass is 9.90. The maximum atomic E-state index is 12.8. The number of benzene rings is 1. The molecule has 0 aromatic heterocycles. The number of nitrogens with one attached hydrogen (secondary N) is 1. The molecule has 0 bridgehead atoms. The second kappa shape index (κ2) is 8.29. The zero-order valence-corrected chi connectivity index (χ0v) is 15.9. The molecular weight excluding hydrogens is 338 g/mol. The van der Waals surface area contributed by atoms with E-state index in [2.05, 4.69) is 5.32 Å². The summed E-state index contributed by atoms with van der Waals surface area (Å²) in [5.41, 5.74) is 5.45. The molecule has 1 amide bonds. The minimum Gasteiger partial charge on any atom is -0.349 e. The van der Waals surface area contributed by atoms with Crippen molar-refractivity contribution < 1.29 is 13.2 Å². The zero-order chi connectivity index (χ0) is 18.5. The van der Waals surface area contributed by atoms with Crippen LogP contribution >= 0.6 is 0 Å². The molecule has 1 heterocycles. The van der Waals surface area contributed by atoms with Gasteiger partial charge in [-0.3, -0.25) is 4.79 Å². The topological polar surface area (TPSA) is 92.5 Å². The van der Waals surface area contributed by atoms with Gasteiger partial charge in [0.25, 0.3) is 0 Å². The van der Waals surface area contributed by atoms with E-state index in [1.165, 1.54) is 4.31 Å². The molecule has 0 spiro atoms. The Morgan fingerprint density at radius 1 is 1.28 bits per heavy atom. The number of nitrogens with zero attached hydrogens (tertiary/aromatic N) is 1. The molecule has 2 rings (SSSR count). The number of nitrogens with two attached hydrogens (primary N) is 1.